The highest BCUT2D eigenvalue weighted by molar-refractivity contribution is 5.94. The molecule has 0 aromatic heterocycles. The normalized spacial score (nSPS) is 11.6. The Kier molecular flexibility index (Phi) is 5.38. The topological polar surface area (TPSA) is 73.6 Å². The summed E-state index contributed by atoms with van der Waals surface area (Å²) in [6.07, 6.45) is 0.416. The fraction of sp³-hybridized carbons (Fsp3) is 0.235. The summed E-state index contributed by atoms with van der Waals surface area (Å²) >= 11 is 0. The van der Waals surface area contributed by atoms with Gasteiger partial charge in [0.2, 0.25) is 5.91 Å². The number of amides is 1. The molecule has 0 aliphatic carbocycles. The molecule has 0 aliphatic heterocycles. The molecule has 0 saturated carbocycles. The lowest BCUT2D eigenvalue weighted by Crippen LogP contribution is -2.37. The van der Waals surface area contributed by atoms with Crippen molar-refractivity contribution < 1.29 is 14.3 Å². The van der Waals surface area contributed by atoms with E-state index in [1.54, 1.807) is 20.3 Å². The van der Waals surface area contributed by atoms with Crippen molar-refractivity contribution in [1.29, 1.82) is 0 Å². The highest BCUT2D eigenvalue weighted by Gasteiger charge is 2.15. The molecule has 5 nitrogen and oxygen atoms in total. The summed E-state index contributed by atoms with van der Waals surface area (Å²) in [7, 11) is 3.15. The summed E-state index contributed by atoms with van der Waals surface area (Å²) in [6, 6.07) is 14.1. The number of carbonyl (C=O) groups is 1. The molecular formula is C17H20N2O3. The van der Waals surface area contributed by atoms with E-state index in [4.69, 9.17) is 15.2 Å². The number of nitrogens with two attached hydrogens (primary N) is 1. The lowest BCUT2D eigenvalue weighted by Gasteiger charge is -2.14. The molecule has 2 aromatic rings. The minimum absolute atomic E-state index is 0.221. The van der Waals surface area contributed by atoms with Crippen LogP contribution < -0.4 is 20.5 Å². The van der Waals surface area contributed by atoms with E-state index < -0.39 is 6.04 Å². The van der Waals surface area contributed by atoms with Gasteiger partial charge >= 0.3 is 0 Å². The first-order chi connectivity index (χ1) is 10.6. The van der Waals surface area contributed by atoms with Gasteiger partial charge in [0.1, 0.15) is 0 Å². The van der Waals surface area contributed by atoms with Crippen LogP contribution in [-0.2, 0) is 11.2 Å². The molecule has 0 saturated heterocycles. The highest BCUT2D eigenvalue weighted by atomic mass is 16.5. The number of benzene rings is 2. The third-order valence-electron chi connectivity index (χ3n) is 3.28. The van der Waals surface area contributed by atoms with Crippen molar-refractivity contribution >= 4 is 11.6 Å². The van der Waals surface area contributed by atoms with Crippen molar-refractivity contribution in [2.24, 2.45) is 5.73 Å². The van der Waals surface area contributed by atoms with Crippen molar-refractivity contribution in [2.75, 3.05) is 19.5 Å². The minimum atomic E-state index is -0.640. The SMILES string of the molecule is COc1ccc(CC(N)C(=O)Nc2ccccc2)cc1OC. The van der Waals surface area contributed by atoms with Crippen LogP contribution in [0.3, 0.4) is 0 Å². The Morgan fingerprint density at radius 3 is 2.41 bits per heavy atom. The van der Waals surface area contributed by atoms with Gasteiger partial charge in [0.25, 0.3) is 0 Å². The second-order valence-corrected chi connectivity index (χ2v) is 4.86. The number of anilines is 1. The third-order valence-corrected chi connectivity index (χ3v) is 3.28. The monoisotopic (exact) mass is 300 g/mol. The van der Waals surface area contributed by atoms with Crippen LogP contribution in [0.5, 0.6) is 11.5 Å². The van der Waals surface area contributed by atoms with E-state index in [0.29, 0.717) is 17.9 Å². The molecule has 0 radical (unpaired) electrons. The Bertz CT molecular complexity index is 629. The number of ether oxygens (including phenoxy) is 2. The number of nitrogens with one attached hydrogen (secondary N) is 1. The van der Waals surface area contributed by atoms with Gasteiger partial charge in [0.05, 0.1) is 20.3 Å². The Hall–Kier alpha value is -2.53. The molecule has 22 heavy (non-hydrogen) atoms. The summed E-state index contributed by atoms with van der Waals surface area (Å²) < 4.78 is 10.4. The minimum Gasteiger partial charge on any atom is -0.493 e. The van der Waals surface area contributed by atoms with Crippen LogP contribution in [0.2, 0.25) is 0 Å². The Balaban J connectivity index is 2.02. The van der Waals surface area contributed by atoms with E-state index in [-0.39, 0.29) is 5.91 Å². The van der Waals surface area contributed by atoms with Gasteiger partial charge in [0.15, 0.2) is 11.5 Å². The smallest absolute Gasteiger partial charge is 0.241 e. The lowest BCUT2D eigenvalue weighted by molar-refractivity contribution is -0.117. The van der Waals surface area contributed by atoms with Crippen LogP contribution in [0, 0.1) is 0 Å². The summed E-state index contributed by atoms with van der Waals surface area (Å²) in [5.41, 5.74) is 7.62. The molecule has 0 bridgehead atoms. The van der Waals surface area contributed by atoms with Crippen molar-refractivity contribution in [3.8, 4) is 11.5 Å². The predicted molar refractivity (Wildman–Crippen MR) is 86.3 cm³/mol. The second kappa shape index (κ2) is 7.47. The number of para-hydroxylation sites is 1. The molecule has 116 valence electrons. The molecule has 1 unspecified atom stereocenters. The Morgan fingerprint density at radius 1 is 1.09 bits per heavy atom. The van der Waals surface area contributed by atoms with E-state index >= 15 is 0 Å². The quantitative estimate of drug-likeness (QED) is 0.858. The van der Waals surface area contributed by atoms with E-state index in [1.165, 1.54) is 0 Å². The van der Waals surface area contributed by atoms with Crippen molar-refractivity contribution in [3.63, 3.8) is 0 Å². The van der Waals surface area contributed by atoms with E-state index in [2.05, 4.69) is 5.32 Å². The van der Waals surface area contributed by atoms with Crippen LogP contribution in [0.15, 0.2) is 48.5 Å². The molecule has 0 spiro atoms. The molecule has 0 heterocycles. The van der Waals surface area contributed by atoms with E-state index in [9.17, 15) is 4.79 Å². The lowest BCUT2D eigenvalue weighted by atomic mass is 10.1. The molecule has 0 aliphatic rings. The fourth-order valence-corrected chi connectivity index (χ4v) is 2.11. The third kappa shape index (κ3) is 3.99. The highest BCUT2D eigenvalue weighted by Crippen LogP contribution is 2.27. The van der Waals surface area contributed by atoms with Crippen molar-refractivity contribution in [3.05, 3.63) is 54.1 Å². The van der Waals surface area contributed by atoms with Gasteiger partial charge < -0.3 is 20.5 Å². The molecule has 1 atom stereocenters. The van der Waals surface area contributed by atoms with Crippen LogP contribution in [0.4, 0.5) is 5.69 Å². The van der Waals surface area contributed by atoms with Gasteiger partial charge in [-0.3, -0.25) is 4.79 Å². The first kappa shape index (κ1) is 15.9. The van der Waals surface area contributed by atoms with Gasteiger partial charge in [-0.1, -0.05) is 24.3 Å². The van der Waals surface area contributed by atoms with Gasteiger partial charge in [0, 0.05) is 5.69 Å². The summed E-state index contributed by atoms with van der Waals surface area (Å²) in [4.78, 5) is 12.1. The zero-order valence-corrected chi connectivity index (χ0v) is 12.7. The molecule has 2 rings (SSSR count). The van der Waals surface area contributed by atoms with Crippen LogP contribution in [0.25, 0.3) is 0 Å². The zero-order chi connectivity index (χ0) is 15.9. The number of rotatable bonds is 6. The van der Waals surface area contributed by atoms with Gasteiger partial charge in [-0.05, 0) is 36.2 Å². The number of hydrogen-bond donors (Lipinski definition) is 2. The van der Waals surface area contributed by atoms with Gasteiger partial charge in [-0.2, -0.15) is 0 Å². The van der Waals surface area contributed by atoms with Crippen molar-refractivity contribution in [2.45, 2.75) is 12.5 Å². The molecule has 0 fully saturated rings. The Labute approximate surface area is 130 Å². The maximum Gasteiger partial charge on any atom is 0.241 e. The maximum absolute atomic E-state index is 12.1. The van der Waals surface area contributed by atoms with Gasteiger partial charge in [-0.15, -0.1) is 0 Å². The Morgan fingerprint density at radius 2 is 1.77 bits per heavy atom. The molecule has 1 amide bonds. The van der Waals surface area contributed by atoms with Gasteiger partial charge in [-0.25, -0.2) is 0 Å². The number of carbonyl (C=O) groups excluding carboxylic acids is 1. The summed E-state index contributed by atoms with van der Waals surface area (Å²) in [5.74, 6) is 1.05. The van der Waals surface area contributed by atoms with Crippen LogP contribution >= 0.6 is 0 Å². The van der Waals surface area contributed by atoms with E-state index in [0.717, 1.165) is 11.3 Å². The largest absolute Gasteiger partial charge is 0.493 e. The second-order valence-electron chi connectivity index (χ2n) is 4.86. The fourth-order valence-electron chi connectivity index (χ4n) is 2.11. The predicted octanol–water partition coefficient (Wildman–Crippen LogP) is 2.21. The summed E-state index contributed by atoms with van der Waals surface area (Å²) in [5, 5.41) is 2.79. The standard InChI is InChI=1S/C17H20N2O3/c1-21-15-9-8-12(11-16(15)22-2)10-14(18)17(20)19-13-6-4-3-5-7-13/h3-9,11,14H,10,18H2,1-2H3,(H,19,20). The number of hydrogen-bond acceptors (Lipinski definition) is 4. The maximum atomic E-state index is 12.1. The average molecular weight is 300 g/mol. The summed E-state index contributed by atoms with van der Waals surface area (Å²) in [6.45, 7) is 0. The molecular weight excluding hydrogens is 280 g/mol. The first-order valence-corrected chi connectivity index (χ1v) is 6.96. The molecule has 2 aromatic carbocycles. The number of methoxy groups -OCH3 is 2. The van der Waals surface area contributed by atoms with E-state index in [1.807, 2.05) is 42.5 Å². The molecule has 5 heteroatoms. The average Bonchev–Trinajstić information content (AvgIpc) is 2.55. The van der Waals surface area contributed by atoms with Crippen LogP contribution in [0.1, 0.15) is 5.56 Å². The first-order valence-electron chi connectivity index (χ1n) is 6.96. The zero-order valence-electron chi connectivity index (χ0n) is 12.7. The van der Waals surface area contributed by atoms with Crippen LogP contribution in [-0.4, -0.2) is 26.2 Å². The van der Waals surface area contributed by atoms with Crippen molar-refractivity contribution in [1.82, 2.24) is 0 Å². The molecule has 3 N–H and O–H groups in total.